The fraction of sp³-hybridized carbons (Fsp3) is 0.286. The number of anilines is 3. The highest BCUT2D eigenvalue weighted by atomic mass is 79.9. The van der Waals surface area contributed by atoms with Crippen LogP contribution in [0.15, 0.2) is 29.0 Å². The largest absolute Gasteiger partial charge is 0.354 e. The van der Waals surface area contributed by atoms with E-state index in [1.807, 2.05) is 20.8 Å². The van der Waals surface area contributed by atoms with Crippen LogP contribution in [0.3, 0.4) is 0 Å². The van der Waals surface area contributed by atoms with Crippen molar-refractivity contribution in [2.45, 2.75) is 26.3 Å². The maximum absolute atomic E-state index is 13.9. The smallest absolute Gasteiger partial charge is 0.332 e. The first-order valence-electron chi connectivity index (χ1n) is 6.92. The quantitative estimate of drug-likeness (QED) is 0.520. The highest BCUT2D eigenvalue weighted by molar-refractivity contribution is 9.10. The lowest BCUT2D eigenvalue weighted by molar-refractivity contribution is -0.383. The fourth-order valence-corrected chi connectivity index (χ4v) is 2.03. The molecule has 1 aromatic carbocycles. The summed E-state index contributed by atoms with van der Waals surface area (Å²) in [4.78, 5) is 18.5. The van der Waals surface area contributed by atoms with Gasteiger partial charge in [0.05, 0.1) is 10.6 Å². The third-order valence-electron chi connectivity index (χ3n) is 2.74. The number of rotatable bonds is 5. The normalized spacial score (nSPS) is 11.2. The second-order valence-corrected chi connectivity index (χ2v) is 6.84. The van der Waals surface area contributed by atoms with Gasteiger partial charge in [0, 0.05) is 10.0 Å². The first-order chi connectivity index (χ1) is 11.2. The third-order valence-corrected chi connectivity index (χ3v) is 3.24. The van der Waals surface area contributed by atoms with Crippen molar-refractivity contribution in [2.24, 2.45) is 0 Å². The first-order valence-corrected chi connectivity index (χ1v) is 7.71. The number of benzene rings is 1. The maximum Gasteiger partial charge on any atom is 0.354 e. The van der Waals surface area contributed by atoms with E-state index in [2.05, 4.69) is 42.1 Å². The van der Waals surface area contributed by atoms with Gasteiger partial charge in [-0.1, -0.05) is 15.9 Å². The van der Waals surface area contributed by atoms with E-state index in [0.29, 0.717) is 4.47 Å². The number of hydrazine groups is 1. The molecule has 10 heteroatoms. The van der Waals surface area contributed by atoms with E-state index < -0.39 is 16.4 Å². The summed E-state index contributed by atoms with van der Waals surface area (Å²) in [5.41, 5.74) is 4.92. The van der Waals surface area contributed by atoms with Gasteiger partial charge in [-0.2, -0.15) is 0 Å². The van der Waals surface area contributed by atoms with E-state index in [9.17, 15) is 14.5 Å². The summed E-state index contributed by atoms with van der Waals surface area (Å²) in [6, 6.07) is 4.31. The summed E-state index contributed by atoms with van der Waals surface area (Å²) < 4.78 is 14.5. The fourth-order valence-electron chi connectivity index (χ4n) is 1.70. The Labute approximate surface area is 146 Å². The van der Waals surface area contributed by atoms with E-state index in [1.165, 1.54) is 12.1 Å². The summed E-state index contributed by atoms with van der Waals surface area (Å²) in [5, 5.41) is 14.0. The molecule has 0 fully saturated rings. The van der Waals surface area contributed by atoms with Gasteiger partial charge < -0.3 is 5.32 Å². The zero-order valence-corrected chi connectivity index (χ0v) is 14.8. The van der Waals surface area contributed by atoms with Gasteiger partial charge in [-0.25, -0.2) is 19.8 Å². The van der Waals surface area contributed by atoms with Gasteiger partial charge in [-0.3, -0.25) is 15.5 Å². The molecule has 8 nitrogen and oxygen atoms in total. The van der Waals surface area contributed by atoms with Crippen molar-refractivity contribution in [2.75, 3.05) is 10.7 Å². The lowest BCUT2D eigenvalue weighted by Gasteiger charge is -2.21. The van der Waals surface area contributed by atoms with Crippen LogP contribution in [0, 0.1) is 15.9 Å². The molecule has 1 heterocycles. The molecule has 0 amide bonds. The maximum atomic E-state index is 13.9. The summed E-state index contributed by atoms with van der Waals surface area (Å²) >= 11 is 3.15. The van der Waals surface area contributed by atoms with Crippen LogP contribution in [0.5, 0.6) is 0 Å². The molecule has 3 N–H and O–H groups in total. The third kappa shape index (κ3) is 4.59. The topological polar surface area (TPSA) is 105 Å². The van der Waals surface area contributed by atoms with E-state index in [4.69, 9.17) is 0 Å². The molecule has 0 bridgehead atoms. The Kier molecular flexibility index (Phi) is 5.30. The lowest BCUT2D eigenvalue weighted by atomic mass is 10.1. The van der Waals surface area contributed by atoms with Crippen LogP contribution < -0.4 is 16.2 Å². The number of halogens is 2. The zero-order chi connectivity index (χ0) is 17.9. The number of hydrogen-bond acceptors (Lipinski definition) is 7. The molecule has 1 aromatic heterocycles. The van der Waals surface area contributed by atoms with Crippen LogP contribution in [0.4, 0.5) is 27.4 Å². The molecular weight excluding hydrogens is 383 g/mol. The average Bonchev–Trinajstić information content (AvgIpc) is 2.47. The number of nitro groups is 1. The van der Waals surface area contributed by atoms with Crippen molar-refractivity contribution < 1.29 is 9.31 Å². The van der Waals surface area contributed by atoms with E-state index in [0.717, 1.165) is 6.33 Å². The second-order valence-electron chi connectivity index (χ2n) is 5.93. The van der Waals surface area contributed by atoms with E-state index in [-0.39, 0.29) is 22.9 Å². The van der Waals surface area contributed by atoms with Crippen LogP contribution in [0.25, 0.3) is 0 Å². The number of nitrogens with zero attached hydrogens (tertiary/aromatic N) is 3. The minimum absolute atomic E-state index is 0.0232. The molecule has 0 unspecified atom stereocenters. The summed E-state index contributed by atoms with van der Waals surface area (Å²) in [7, 11) is 0. The van der Waals surface area contributed by atoms with Crippen LogP contribution in [0.2, 0.25) is 0 Å². The summed E-state index contributed by atoms with van der Waals surface area (Å²) in [5.74, 6) is -0.709. The molecule has 0 aliphatic heterocycles. The molecular formula is C14H16BrFN6O2. The Hall–Kier alpha value is -2.33. The second kappa shape index (κ2) is 7.05. The van der Waals surface area contributed by atoms with E-state index in [1.54, 1.807) is 6.07 Å². The predicted molar refractivity (Wildman–Crippen MR) is 92.6 cm³/mol. The van der Waals surface area contributed by atoms with Crippen molar-refractivity contribution in [3.8, 4) is 0 Å². The predicted octanol–water partition coefficient (Wildman–Crippen LogP) is 3.75. The van der Waals surface area contributed by atoms with Crippen LogP contribution >= 0.6 is 15.9 Å². The van der Waals surface area contributed by atoms with Gasteiger partial charge in [0.1, 0.15) is 12.1 Å². The van der Waals surface area contributed by atoms with Gasteiger partial charge in [-0.05, 0) is 39.0 Å². The Morgan fingerprint density at radius 2 is 1.92 bits per heavy atom. The Balaban J connectivity index is 2.37. The molecule has 0 aliphatic carbocycles. The van der Waals surface area contributed by atoms with Crippen LogP contribution in [0.1, 0.15) is 20.8 Å². The molecule has 128 valence electrons. The molecule has 2 rings (SSSR count). The molecule has 0 aliphatic rings. The van der Waals surface area contributed by atoms with Gasteiger partial charge in [0.15, 0.2) is 0 Å². The Morgan fingerprint density at radius 3 is 2.50 bits per heavy atom. The average molecular weight is 399 g/mol. The van der Waals surface area contributed by atoms with Gasteiger partial charge >= 0.3 is 5.69 Å². The SMILES string of the molecule is CC(C)(C)NNc1ncnc(Nc2ccc(Br)cc2F)c1[N+](=O)[O-]. The van der Waals surface area contributed by atoms with Crippen molar-refractivity contribution in [3.05, 3.63) is 44.9 Å². The number of hydrogen-bond donors (Lipinski definition) is 3. The molecule has 0 radical (unpaired) electrons. The van der Waals surface area contributed by atoms with E-state index >= 15 is 0 Å². The first kappa shape index (κ1) is 18.0. The number of nitrogens with one attached hydrogen (secondary N) is 3. The molecule has 2 aromatic rings. The lowest BCUT2D eigenvalue weighted by Crippen LogP contribution is -2.40. The molecule has 0 saturated carbocycles. The minimum atomic E-state index is -0.633. The zero-order valence-electron chi connectivity index (χ0n) is 13.2. The summed E-state index contributed by atoms with van der Waals surface area (Å²) in [6.45, 7) is 5.64. The highest BCUT2D eigenvalue weighted by Gasteiger charge is 2.24. The van der Waals surface area contributed by atoms with Crippen molar-refractivity contribution in [1.82, 2.24) is 15.4 Å². The molecule has 0 atom stereocenters. The molecule has 0 spiro atoms. The van der Waals surface area contributed by atoms with Gasteiger partial charge in [-0.15, -0.1) is 0 Å². The van der Waals surface area contributed by atoms with Gasteiger partial charge in [0.2, 0.25) is 11.6 Å². The van der Waals surface area contributed by atoms with Gasteiger partial charge in [0.25, 0.3) is 0 Å². The minimum Gasteiger partial charge on any atom is -0.332 e. The Bertz CT molecular complexity index is 765. The standard InChI is InChI=1S/C14H16BrFN6O2/c1-14(2,3)21-20-13-11(22(23)24)12(17-7-18-13)19-10-5-4-8(15)6-9(10)16/h4-7,21H,1-3H3,(H2,17,18,19,20). The van der Waals surface area contributed by atoms with Crippen molar-refractivity contribution in [1.29, 1.82) is 0 Å². The molecule has 0 saturated heterocycles. The van der Waals surface area contributed by atoms with Crippen molar-refractivity contribution >= 4 is 38.9 Å². The van der Waals surface area contributed by atoms with Crippen LogP contribution in [-0.2, 0) is 0 Å². The van der Waals surface area contributed by atoms with Crippen molar-refractivity contribution in [3.63, 3.8) is 0 Å². The number of aromatic nitrogens is 2. The highest BCUT2D eigenvalue weighted by Crippen LogP contribution is 2.32. The molecule has 24 heavy (non-hydrogen) atoms. The monoisotopic (exact) mass is 398 g/mol. The summed E-state index contributed by atoms with van der Waals surface area (Å²) in [6.07, 6.45) is 1.15. The van der Waals surface area contributed by atoms with Crippen LogP contribution in [-0.4, -0.2) is 20.4 Å². The Morgan fingerprint density at radius 1 is 1.25 bits per heavy atom.